The van der Waals surface area contributed by atoms with Crippen LogP contribution in [0, 0.1) is 22.7 Å². The second kappa shape index (κ2) is 9.08. The van der Waals surface area contributed by atoms with E-state index in [9.17, 15) is 14.7 Å². The van der Waals surface area contributed by atoms with Crippen LogP contribution in [0.25, 0.3) is 0 Å². The van der Waals surface area contributed by atoms with Gasteiger partial charge in [-0.3, -0.25) is 9.59 Å². The number of esters is 1. The van der Waals surface area contributed by atoms with Gasteiger partial charge in [-0.05, 0) is 60.8 Å². The molecule has 2 N–H and O–H groups in total. The predicted molar refractivity (Wildman–Crippen MR) is 109 cm³/mol. The van der Waals surface area contributed by atoms with Crippen molar-refractivity contribution in [3.63, 3.8) is 0 Å². The van der Waals surface area contributed by atoms with E-state index >= 15 is 0 Å². The van der Waals surface area contributed by atoms with Gasteiger partial charge in [0, 0.05) is 12.8 Å². The summed E-state index contributed by atoms with van der Waals surface area (Å²) < 4.78 is 5.01. The van der Waals surface area contributed by atoms with Gasteiger partial charge in [0.1, 0.15) is 12.7 Å². The molecule has 0 amide bonds. The van der Waals surface area contributed by atoms with Gasteiger partial charge in [-0.25, -0.2) is 0 Å². The fourth-order valence-corrected chi connectivity index (χ4v) is 5.47. The van der Waals surface area contributed by atoms with Crippen LogP contribution in [-0.4, -0.2) is 41.3 Å². The first-order valence-electron chi connectivity index (χ1n) is 10.7. The summed E-state index contributed by atoms with van der Waals surface area (Å²) in [4.78, 5) is 24.6. The standard InChI is InChI=1S/C23H38O5/c1-15(11-21(27)28-14-17(25)13-24)7-8-18-16(2)19(26)12-20-22(3,4)9-6-10-23(18,20)5/h15,17,20,24-25H,6-14H2,1-5H3. The van der Waals surface area contributed by atoms with Gasteiger partial charge in [-0.15, -0.1) is 0 Å². The molecule has 5 nitrogen and oxygen atoms in total. The van der Waals surface area contributed by atoms with Gasteiger partial charge in [0.05, 0.1) is 6.61 Å². The molecule has 0 aromatic carbocycles. The molecule has 160 valence electrons. The molecule has 0 radical (unpaired) electrons. The van der Waals surface area contributed by atoms with Crippen LogP contribution < -0.4 is 0 Å². The molecule has 2 rings (SSSR count). The number of ether oxygens (including phenoxy) is 1. The van der Waals surface area contributed by atoms with E-state index in [1.165, 1.54) is 18.4 Å². The molecular formula is C23H38O5. The Morgan fingerprint density at radius 1 is 1.29 bits per heavy atom. The topological polar surface area (TPSA) is 83.8 Å². The Bertz CT molecular complexity index is 620. The van der Waals surface area contributed by atoms with Crippen LogP contribution in [0.5, 0.6) is 0 Å². The van der Waals surface area contributed by atoms with Gasteiger partial charge >= 0.3 is 5.97 Å². The van der Waals surface area contributed by atoms with Crippen molar-refractivity contribution in [1.29, 1.82) is 0 Å². The minimum atomic E-state index is -1.02. The van der Waals surface area contributed by atoms with E-state index < -0.39 is 12.7 Å². The average molecular weight is 395 g/mol. The van der Waals surface area contributed by atoms with Crippen LogP contribution in [0.1, 0.15) is 79.6 Å². The lowest BCUT2D eigenvalue weighted by Gasteiger charge is -2.54. The van der Waals surface area contributed by atoms with Crippen molar-refractivity contribution in [2.45, 2.75) is 85.7 Å². The third kappa shape index (κ3) is 5.04. The molecule has 5 heteroatoms. The quantitative estimate of drug-likeness (QED) is 0.612. The first-order chi connectivity index (χ1) is 13.0. The van der Waals surface area contributed by atoms with E-state index in [4.69, 9.17) is 9.84 Å². The van der Waals surface area contributed by atoms with Crippen molar-refractivity contribution in [1.82, 2.24) is 0 Å². The molecule has 1 saturated carbocycles. The number of fused-ring (bicyclic) bond motifs is 1. The molecule has 1 fully saturated rings. The fourth-order valence-electron chi connectivity index (χ4n) is 5.47. The van der Waals surface area contributed by atoms with Crippen molar-refractivity contribution in [3.05, 3.63) is 11.1 Å². The monoisotopic (exact) mass is 394 g/mol. The number of ketones is 1. The highest BCUT2D eigenvalue weighted by Gasteiger charge is 2.51. The number of aliphatic hydroxyl groups is 2. The van der Waals surface area contributed by atoms with Gasteiger partial charge in [0.25, 0.3) is 0 Å². The summed E-state index contributed by atoms with van der Waals surface area (Å²) in [6.45, 7) is 10.4. The van der Waals surface area contributed by atoms with Crippen molar-refractivity contribution in [3.8, 4) is 0 Å². The minimum Gasteiger partial charge on any atom is -0.463 e. The van der Waals surface area contributed by atoms with Crippen molar-refractivity contribution < 1.29 is 24.5 Å². The molecule has 2 aliphatic carbocycles. The van der Waals surface area contributed by atoms with E-state index in [0.717, 1.165) is 24.8 Å². The van der Waals surface area contributed by atoms with Crippen molar-refractivity contribution in [2.75, 3.05) is 13.2 Å². The number of allylic oxidation sites excluding steroid dienone is 2. The molecule has 0 aromatic heterocycles. The number of carbonyl (C=O) groups is 2. The zero-order chi connectivity index (χ0) is 21.1. The molecule has 4 atom stereocenters. The number of hydrogen-bond donors (Lipinski definition) is 2. The van der Waals surface area contributed by atoms with Gasteiger partial charge in [0.2, 0.25) is 0 Å². The first-order valence-corrected chi connectivity index (χ1v) is 10.7. The van der Waals surface area contributed by atoms with Crippen molar-refractivity contribution >= 4 is 11.8 Å². The number of carbonyl (C=O) groups excluding carboxylic acids is 2. The molecule has 0 heterocycles. The molecule has 0 saturated heterocycles. The Morgan fingerprint density at radius 3 is 2.61 bits per heavy atom. The lowest BCUT2D eigenvalue weighted by atomic mass is 9.49. The predicted octanol–water partition coefficient (Wildman–Crippen LogP) is 3.81. The van der Waals surface area contributed by atoms with E-state index in [1.54, 1.807) is 0 Å². The maximum absolute atomic E-state index is 12.7. The fraction of sp³-hybridized carbons (Fsp3) is 0.826. The van der Waals surface area contributed by atoms with Crippen LogP contribution in [0.15, 0.2) is 11.1 Å². The SMILES string of the molecule is CC1=C(CCC(C)CC(=O)OCC(O)CO)C2(C)CCCC(C)(C)C2CC1=O. The largest absolute Gasteiger partial charge is 0.463 e. The highest BCUT2D eigenvalue weighted by atomic mass is 16.5. The second-order valence-corrected chi connectivity index (χ2v) is 9.91. The van der Waals surface area contributed by atoms with E-state index in [-0.39, 0.29) is 41.5 Å². The number of rotatable bonds is 8. The van der Waals surface area contributed by atoms with Crippen LogP contribution in [0.2, 0.25) is 0 Å². The van der Waals surface area contributed by atoms with Gasteiger partial charge in [-0.2, -0.15) is 0 Å². The smallest absolute Gasteiger partial charge is 0.306 e. The third-order valence-corrected chi connectivity index (χ3v) is 7.23. The van der Waals surface area contributed by atoms with Crippen LogP contribution in [-0.2, 0) is 14.3 Å². The normalized spacial score (nSPS) is 29.2. The maximum atomic E-state index is 12.7. The molecule has 0 spiro atoms. The molecule has 0 aromatic rings. The minimum absolute atomic E-state index is 0.0746. The molecule has 2 aliphatic rings. The summed E-state index contributed by atoms with van der Waals surface area (Å²) in [5, 5.41) is 18.1. The molecule has 0 bridgehead atoms. The molecule has 4 unspecified atom stereocenters. The van der Waals surface area contributed by atoms with Gasteiger partial charge in [-0.1, -0.05) is 39.7 Å². The third-order valence-electron chi connectivity index (χ3n) is 7.23. The number of Topliss-reactive ketones (excluding diaryl/α,β-unsaturated/α-hetero) is 1. The van der Waals surface area contributed by atoms with E-state index in [0.29, 0.717) is 12.3 Å². The molecule has 0 aliphatic heterocycles. The second-order valence-electron chi connectivity index (χ2n) is 9.91. The summed E-state index contributed by atoms with van der Waals surface area (Å²) in [5.41, 5.74) is 2.50. The zero-order valence-electron chi connectivity index (χ0n) is 18.2. The van der Waals surface area contributed by atoms with Crippen molar-refractivity contribution in [2.24, 2.45) is 22.7 Å². The zero-order valence-corrected chi connectivity index (χ0v) is 18.2. The Balaban J connectivity index is 2.02. The highest BCUT2D eigenvalue weighted by Crippen LogP contribution is 2.59. The van der Waals surface area contributed by atoms with Crippen LogP contribution in [0.3, 0.4) is 0 Å². The van der Waals surface area contributed by atoms with Gasteiger partial charge in [0.15, 0.2) is 5.78 Å². The van der Waals surface area contributed by atoms with E-state index in [2.05, 4.69) is 20.8 Å². The lowest BCUT2D eigenvalue weighted by Crippen LogP contribution is -2.47. The maximum Gasteiger partial charge on any atom is 0.306 e. The summed E-state index contributed by atoms with van der Waals surface area (Å²) in [6.07, 6.45) is 5.10. The van der Waals surface area contributed by atoms with Crippen LogP contribution >= 0.6 is 0 Å². The lowest BCUT2D eigenvalue weighted by molar-refractivity contribution is -0.148. The van der Waals surface area contributed by atoms with Gasteiger partial charge < -0.3 is 14.9 Å². The highest BCUT2D eigenvalue weighted by molar-refractivity contribution is 5.97. The van der Waals surface area contributed by atoms with Crippen LogP contribution in [0.4, 0.5) is 0 Å². The first kappa shape index (κ1) is 23.1. The Kier molecular flexibility index (Phi) is 7.49. The average Bonchev–Trinajstić information content (AvgIpc) is 2.61. The summed E-state index contributed by atoms with van der Waals surface area (Å²) in [6, 6.07) is 0. The summed E-state index contributed by atoms with van der Waals surface area (Å²) in [7, 11) is 0. The number of aliphatic hydroxyl groups excluding tert-OH is 2. The molecule has 28 heavy (non-hydrogen) atoms. The Hall–Kier alpha value is -1.20. The molecular weight excluding hydrogens is 356 g/mol. The Labute approximate surface area is 169 Å². The summed E-state index contributed by atoms with van der Waals surface area (Å²) >= 11 is 0. The number of hydrogen-bond acceptors (Lipinski definition) is 5. The Morgan fingerprint density at radius 2 is 1.96 bits per heavy atom. The van der Waals surface area contributed by atoms with E-state index in [1.807, 2.05) is 13.8 Å². The summed E-state index contributed by atoms with van der Waals surface area (Å²) in [5.74, 6) is 0.459.